The van der Waals surface area contributed by atoms with Crippen LogP contribution < -0.4 is 4.74 Å². The maximum absolute atomic E-state index is 10.2. The van der Waals surface area contributed by atoms with Crippen molar-refractivity contribution in [3.8, 4) is 5.75 Å². The molecule has 0 amide bonds. The van der Waals surface area contributed by atoms with Gasteiger partial charge in [-0.15, -0.1) is 0 Å². The Morgan fingerprint density at radius 3 is 2.82 bits per heavy atom. The number of aliphatic hydroxyl groups excluding tert-OH is 1. The summed E-state index contributed by atoms with van der Waals surface area (Å²) in [6, 6.07) is 6.34. The van der Waals surface area contributed by atoms with Crippen LogP contribution in [0.25, 0.3) is 0 Å². The van der Waals surface area contributed by atoms with Crippen molar-refractivity contribution in [3.05, 3.63) is 29.3 Å². The van der Waals surface area contributed by atoms with Crippen LogP contribution in [0.3, 0.4) is 0 Å². The molecule has 2 aliphatic heterocycles. The Hall–Kier alpha value is -1.06. The Balaban J connectivity index is 2.00. The van der Waals surface area contributed by atoms with Gasteiger partial charge in [0, 0.05) is 5.56 Å². The van der Waals surface area contributed by atoms with Gasteiger partial charge in [0.15, 0.2) is 0 Å². The molecule has 3 nitrogen and oxygen atoms in total. The highest BCUT2D eigenvalue weighted by Crippen LogP contribution is 2.39. The smallest absolute Gasteiger partial charge is 0.127 e. The third-order valence-corrected chi connectivity index (χ3v) is 3.86. The highest BCUT2D eigenvalue weighted by atomic mass is 16.5. The molecule has 2 heterocycles. The first-order valence-electron chi connectivity index (χ1n) is 6.42. The van der Waals surface area contributed by atoms with E-state index in [1.54, 1.807) is 0 Å². The number of likely N-dealkylation sites (tertiary alicyclic amines) is 1. The summed E-state index contributed by atoms with van der Waals surface area (Å²) in [6.07, 6.45) is 2.08. The van der Waals surface area contributed by atoms with Gasteiger partial charge in [0.25, 0.3) is 0 Å². The fourth-order valence-electron chi connectivity index (χ4n) is 3.03. The number of fused-ring (bicyclic) bond motifs is 1. The number of benzene rings is 1. The molecule has 1 aromatic rings. The number of aryl methyl sites for hydroxylation is 1. The molecule has 92 valence electrons. The van der Waals surface area contributed by atoms with Gasteiger partial charge in [-0.1, -0.05) is 18.2 Å². The van der Waals surface area contributed by atoms with Gasteiger partial charge in [0.05, 0.1) is 6.04 Å². The second kappa shape index (κ2) is 4.31. The van der Waals surface area contributed by atoms with Crippen molar-refractivity contribution in [2.75, 3.05) is 19.7 Å². The number of nitrogens with zero attached hydrogens (tertiary/aromatic N) is 1. The van der Waals surface area contributed by atoms with Gasteiger partial charge in [0.2, 0.25) is 0 Å². The molecule has 3 heteroatoms. The van der Waals surface area contributed by atoms with Gasteiger partial charge < -0.3 is 9.84 Å². The van der Waals surface area contributed by atoms with Crippen molar-refractivity contribution in [2.24, 2.45) is 0 Å². The zero-order valence-electron chi connectivity index (χ0n) is 10.2. The highest BCUT2D eigenvalue weighted by molar-refractivity contribution is 5.44. The first-order valence-corrected chi connectivity index (χ1v) is 6.42. The minimum atomic E-state index is -0.401. The monoisotopic (exact) mass is 233 g/mol. The van der Waals surface area contributed by atoms with Gasteiger partial charge in [-0.2, -0.15) is 0 Å². The number of hydrogen-bond acceptors (Lipinski definition) is 3. The summed E-state index contributed by atoms with van der Waals surface area (Å²) in [5.41, 5.74) is 2.32. The lowest BCUT2D eigenvalue weighted by atomic mass is 9.95. The summed E-state index contributed by atoms with van der Waals surface area (Å²) >= 11 is 0. The van der Waals surface area contributed by atoms with Crippen molar-refractivity contribution in [1.29, 1.82) is 0 Å². The highest BCUT2D eigenvalue weighted by Gasteiger charge is 2.35. The second-order valence-electron chi connectivity index (χ2n) is 5.06. The fraction of sp³-hybridized carbons (Fsp3) is 0.571. The number of rotatable bonds is 1. The topological polar surface area (TPSA) is 32.7 Å². The van der Waals surface area contributed by atoms with Crippen LogP contribution >= 0.6 is 0 Å². The molecule has 2 aliphatic rings. The SMILES string of the molecule is Cc1cccc2c1OCC(O)C2N1CCCC1. The maximum atomic E-state index is 10.2. The second-order valence-corrected chi connectivity index (χ2v) is 5.06. The molecule has 0 saturated carbocycles. The molecular weight excluding hydrogens is 214 g/mol. The number of para-hydroxylation sites is 1. The average molecular weight is 233 g/mol. The van der Waals surface area contributed by atoms with Crippen LogP contribution in [0, 0.1) is 6.92 Å². The maximum Gasteiger partial charge on any atom is 0.127 e. The zero-order valence-corrected chi connectivity index (χ0v) is 10.2. The molecule has 0 aromatic heterocycles. The summed E-state index contributed by atoms with van der Waals surface area (Å²) in [4.78, 5) is 2.39. The summed E-state index contributed by atoms with van der Waals surface area (Å²) in [5.74, 6) is 0.981. The number of hydrogen-bond donors (Lipinski definition) is 1. The Morgan fingerprint density at radius 1 is 1.29 bits per heavy atom. The van der Waals surface area contributed by atoms with Crippen molar-refractivity contribution in [2.45, 2.75) is 31.9 Å². The first-order chi connectivity index (χ1) is 8.27. The summed E-state index contributed by atoms with van der Waals surface area (Å²) < 4.78 is 5.68. The van der Waals surface area contributed by atoms with Gasteiger partial charge >= 0.3 is 0 Å². The Bertz CT molecular complexity index is 413. The van der Waals surface area contributed by atoms with Crippen LogP contribution in [0.4, 0.5) is 0 Å². The van der Waals surface area contributed by atoms with E-state index in [2.05, 4.69) is 30.0 Å². The Labute approximate surface area is 102 Å². The third-order valence-electron chi connectivity index (χ3n) is 3.86. The summed E-state index contributed by atoms with van der Waals surface area (Å²) in [6.45, 7) is 4.67. The van der Waals surface area contributed by atoms with Crippen LogP contribution in [0.5, 0.6) is 5.75 Å². The predicted molar refractivity (Wildman–Crippen MR) is 66.2 cm³/mol. The molecule has 2 unspecified atom stereocenters. The lowest BCUT2D eigenvalue weighted by Gasteiger charge is -2.37. The van der Waals surface area contributed by atoms with E-state index in [1.807, 2.05) is 0 Å². The normalized spacial score (nSPS) is 28.8. The third kappa shape index (κ3) is 1.83. The quantitative estimate of drug-likeness (QED) is 0.804. The van der Waals surface area contributed by atoms with Crippen LogP contribution in [0.1, 0.15) is 30.0 Å². The van der Waals surface area contributed by atoms with Crippen LogP contribution in [0.15, 0.2) is 18.2 Å². The molecule has 1 saturated heterocycles. The molecule has 0 aliphatic carbocycles. The predicted octanol–water partition coefficient (Wildman–Crippen LogP) is 1.89. The van der Waals surface area contributed by atoms with Crippen LogP contribution in [-0.2, 0) is 0 Å². The molecule has 2 atom stereocenters. The van der Waals surface area contributed by atoms with E-state index in [1.165, 1.54) is 18.4 Å². The molecular formula is C14H19NO2. The fourth-order valence-corrected chi connectivity index (χ4v) is 3.03. The molecule has 0 spiro atoms. The largest absolute Gasteiger partial charge is 0.490 e. The van der Waals surface area contributed by atoms with Crippen LogP contribution in [0.2, 0.25) is 0 Å². The number of aliphatic hydroxyl groups is 1. The van der Waals surface area contributed by atoms with E-state index in [0.717, 1.165) is 24.4 Å². The van der Waals surface area contributed by atoms with Crippen molar-refractivity contribution < 1.29 is 9.84 Å². The molecule has 1 aromatic carbocycles. The van der Waals surface area contributed by atoms with E-state index in [4.69, 9.17) is 4.74 Å². The van der Waals surface area contributed by atoms with Crippen molar-refractivity contribution >= 4 is 0 Å². The molecule has 17 heavy (non-hydrogen) atoms. The molecule has 1 fully saturated rings. The first kappa shape index (κ1) is 11.1. The summed E-state index contributed by atoms with van der Waals surface area (Å²) in [5, 5.41) is 10.2. The number of ether oxygens (including phenoxy) is 1. The molecule has 0 bridgehead atoms. The average Bonchev–Trinajstić information content (AvgIpc) is 2.82. The lowest BCUT2D eigenvalue weighted by molar-refractivity contribution is 0.00846. The van der Waals surface area contributed by atoms with Gasteiger partial charge in [-0.3, -0.25) is 4.90 Å². The van der Waals surface area contributed by atoms with Crippen LogP contribution in [-0.4, -0.2) is 35.8 Å². The minimum Gasteiger partial charge on any atom is -0.490 e. The standard InChI is InChI=1S/C14H19NO2/c1-10-5-4-6-11-13(15-7-2-3-8-15)12(16)9-17-14(10)11/h4-6,12-13,16H,2-3,7-9H2,1H3. The zero-order chi connectivity index (χ0) is 11.8. The van der Waals surface area contributed by atoms with Gasteiger partial charge in [-0.05, 0) is 38.4 Å². The Kier molecular flexibility index (Phi) is 2.81. The van der Waals surface area contributed by atoms with E-state index >= 15 is 0 Å². The Morgan fingerprint density at radius 2 is 2.06 bits per heavy atom. The minimum absolute atomic E-state index is 0.126. The van der Waals surface area contributed by atoms with Gasteiger partial charge in [0.1, 0.15) is 18.5 Å². The van der Waals surface area contributed by atoms with E-state index in [-0.39, 0.29) is 6.04 Å². The van der Waals surface area contributed by atoms with Gasteiger partial charge in [-0.25, -0.2) is 0 Å². The lowest BCUT2D eigenvalue weighted by Crippen LogP contribution is -2.41. The van der Waals surface area contributed by atoms with Crippen molar-refractivity contribution in [1.82, 2.24) is 4.90 Å². The molecule has 3 rings (SSSR count). The van der Waals surface area contributed by atoms with E-state index < -0.39 is 6.10 Å². The van der Waals surface area contributed by atoms with E-state index in [9.17, 15) is 5.11 Å². The van der Waals surface area contributed by atoms with Crippen molar-refractivity contribution in [3.63, 3.8) is 0 Å². The summed E-state index contributed by atoms with van der Waals surface area (Å²) in [7, 11) is 0. The van der Waals surface area contributed by atoms with E-state index in [0.29, 0.717) is 6.61 Å². The molecule has 1 N–H and O–H groups in total. The molecule has 0 radical (unpaired) electrons.